The number of anilines is 6. The molecule has 13 rings (SSSR count). The van der Waals surface area contributed by atoms with Gasteiger partial charge in [0.2, 0.25) is 0 Å². The van der Waals surface area contributed by atoms with E-state index < -0.39 is 0 Å². The number of benzene rings is 9. The fraction of sp³-hybridized carbons (Fsp3) is 0.115. The molecule has 2 aliphatic carbocycles. The third kappa shape index (κ3) is 5.85. The third-order valence-corrected chi connectivity index (χ3v) is 14.6. The van der Waals surface area contributed by atoms with Crippen molar-refractivity contribution in [1.82, 2.24) is 0 Å². The molecule has 2 heterocycles. The lowest BCUT2D eigenvalue weighted by Crippen LogP contribution is -2.26. The summed E-state index contributed by atoms with van der Waals surface area (Å²) in [5.74, 6) is 0. The fourth-order valence-electron chi connectivity index (χ4n) is 11.5. The highest BCUT2D eigenvalue weighted by Crippen LogP contribution is 2.57. The van der Waals surface area contributed by atoms with Gasteiger partial charge < -0.3 is 9.80 Å². The van der Waals surface area contributed by atoms with Gasteiger partial charge in [0.1, 0.15) is 0 Å². The monoisotopic (exact) mass is 806 g/mol. The van der Waals surface area contributed by atoms with E-state index in [1.54, 1.807) is 0 Å². The normalized spacial score (nSPS) is 15.2. The van der Waals surface area contributed by atoms with Gasteiger partial charge in [-0.15, -0.1) is 0 Å². The molecule has 0 fully saturated rings. The van der Waals surface area contributed by atoms with Gasteiger partial charge in [0.05, 0.1) is 0 Å². The molecule has 1 spiro atoms. The van der Waals surface area contributed by atoms with Gasteiger partial charge in [0, 0.05) is 39.5 Å². The molecule has 2 nitrogen and oxygen atoms in total. The Morgan fingerprint density at radius 1 is 0.333 bits per heavy atom. The summed E-state index contributed by atoms with van der Waals surface area (Å²) in [6, 6.07) is 73.3. The van der Waals surface area contributed by atoms with Crippen LogP contribution in [0, 0.1) is 0 Å². The van der Waals surface area contributed by atoms with E-state index >= 15 is 0 Å². The van der Waals surface area contributed by atoms with Gasteiger partial charge in [-0.1, -0.05) is 152 Å². The Hall–Kier alpha value is -7.42. The summed E-state index contributed by atoms with van der Waals surface area (Å²) in [5.41, 5.74) is 24.0. The van der Waals surface area contributed by atoms with Gasteiger partial charge >= 0.3 is 0 Å². The van der Waals surface area contributed by atoms with Crippen LogP contribution in [0.3, 0.4) is 0 Å². The quantitative estimate of drug-likeness (QED) is 0.163. The summed E-state index contributed by atoms with van der Waals surface area (Å²) in [6.07, 6.45) is 10.8. The molecule has 0 N–H and O–H groups in total. The van der Waals surface area contributed by atoms with E-state index in [2.05, 4.69) is 216 Å². The van der Waals surface area contributed by atoms with Crippen molar-refractivity contribution >= 4 is 57.0 Å². The van der Waals surface area contributed by atoms with Crippen molar-refractivity contribution < 1.29 is 0 Å². The molecular formula is C61H46N2. The van der Waals surface area contributed by atoms with Crippen molar-refractivity contribution in [2.75, 3.05) is 9.80 Å². The highest BCUT2D eigenvalue weighted by atomic mass is 15.2. The number of nitrogens with zero attached hydrogens (tertiary/aromatic N) is 2. The lowest BCUT2D eigenvalue weighted by atomic mass is 9.75. The molecule has 0 unspecified atom stereocenters. The SMILES string of the molecule is C(=C\c1ccc2cc(N3c4ccccc4CCc4ccccc43)ccc2c1)/c1ccc2c(c1)C1(Cc3ccccc3C1)c1cc(N3c4ccccc4CCc4ccccc43)ccc1-2. The maximum Gasteiger partial charge on any atom is 0.0493 e. The van der Waals surface area contributed by atoms with Crippen LogP contribution in [0.25, 0.3) is 34.1 Å². The minimum atomic E-state index is -0.131. The van der Waals surface area contributed by atoms with Crippen LogP contribution >= 0.6 is 0 Å². The van der Waals surface area contributed by atoms with E-state index in [1.165, 1.54) is 112 Å². The van der Waals surface area contributed by atoms with E-state index in [9.17, 15) is 0 Å². The van der Waals surface area contributed by atoms with Crippen LogP contribution in [-0.2, 0) is 43.9 Å². The number of aryl methyl sites for hydroxylation is 4. The zero-order valence-corrected chi connectivity index (χ0v) is 35.3. The molecule has 0 amide bonds. The number of hydrogen-bond donors (Lipinski definition) is 0. The highest BCUT2D eigenvalue weighted by Gasteiger charge is 2.47. The van der Waals surface area contributed by atoms with Crippen molar-refractivity contribution in [2.45, 2.75) is 43.9 Å². The van der Waals surface area contributed by atoms with Gasteiger partial charge in [-0.2, -0.15) is 0 Å². The van der Waals surface area contributed by atoms with E-state index in [4.69, 9.17) is 0 Å². The van der Waals surface area contributed by atoms with Crippen molar-refractivity contribution in [1.29, 1.82) is 0 Å². The van der Waals surface area contributed by atoms with Crippen LogP contribution in [0.5, 0.6) is 0 Å². The van der Waals surface area contributed by atoms with Crippen LogP contribution in [0.1, 0.15) is 55.6 Å². The molecule has 0 atom stereocenters. The van der Waals surface area contributed by atoms with Crippen molar-refractivity contribution in [3.8, 4) is 11.1 Å². The second-order valence-electron chi connectivity index (χ2n) is 18.0. The fourth-order valence-corrected chi connectivity index (χ4v) is 11.5. The molecule has 9 aromatic rings. The topological polar surface area (TPSA) is 6.48 Å². The lowest BCUT2D eigenvalue weighted by Gasteiger charge is -2.31. The van der Waals surface area contributed by atoms with Crippen LogP contribution in [-0.4, -0.2) is 0 Å². The second-order valence-corrected chi connectivity index (χ2v) is 18.0. The first-order valence-electron chi connectivity index (χ1n) is 22.7. The molecule has 9 aromatic carbocycles. The van der Waals surface area contributed by atoms with Crippen LogP contribution < -0.4 is 9.80 Å². The lowest BCUT2D eigenvalue weighted by molar-refractivity contribution is 0.563. The molecule has 0 saturated heterocycles. The summed E-state index contributed by atoms with van der Waals surface area (Å²) >= 11 is 0. The van der Waals surface area contributed by atoms with Crippen molar-refractivity contribution in [3.05, 3.63) is 250 Å². The molecule has 2 heteroatoms. The number of fused-ring (bicyclic) bond motifs is 11. The predicted molar refractivity (Wildman–Crippen MR) is 264 cm³/mol. The van der Waals surface area contributed by atoms with E-state index in [0.29, 0.717) is 0 Å². The summed E-state index contributed by atoms with van der Waals surface area (Å²) in [4.78, 5) is 4.99. The summed E-state index contributed by atoms with van der Waals surface area (Å²) < 4.78 is 0. The first-order chi connectivity index (χ1) is 31.2. The summed E-state index contributed by atoms with van der Waals surface area (Å²) in [7, 11) is 0. The summed E-state index contributed by atoms with van der Waals surface area (Å²) in [5, 5.41) is 2.49. The van der Waals surface area contributed by atoms with Crippen LogP contribution in [0.4, 0.5) is 34.1 Å². The Bertz CT molecular complexity index is 3210. The molecule has 0 saturated carbocycles. The van der Waals surface area contributed by atoms with Gasteiger partial charge in [-0.25, -0.2) is 0 Å². The van der Waals surface area contributed by atoms with Crippen molar-refractivity contribution in [3.63, 3.8) is 0 Å². The molecule has 300 valence electrons. The van der Waals surface area contributed by atoms with Crippen LogP contribution in [0.2, 0.25) is 0 Å². The van der Waals surface area contributed by atoms with Gasteiger partial charge in [0.15, 0.2) is 0 Å². The zero-order valence-electron chi connectivity index (χ0n) is 35.3. The Labute approximate surface area is 370 Å². The Morgan fingerprint density at radius 2 is 0.714 bits per heavy atom. The largest absolute Gasteiger partial charge is 0.310 e. The van der Waals surface area contributed by atoms with E-state index in [0.717, 1.165) is 38.5 Å². The molecule has 63 heavy (non-hydrogen) atoms. The van der Waals surface area contributed by atoms with E-state index in [1.807, 2.05) is 0 Å². The zero-order chi connectivity index (χ0) is 41.5. The minimum absolute atomic E-state index is 0.131. The molecule has 2 aliphatic heterocycles. The van der Waals surface area contributed by atoms with Crippen LogP contribution in [0.15, 0.2) is 194 Å². The molecule has 0 aromatic heterocycles. The minimum Gasteiger partial charge on any atom is -0.310 e. The number of rotatable bonds is 4. The van der Waals surface area contributed by atoms with Gasteiger partial charge in [-0.05, 0) is 171 Å². The molecular weight excluding hydrogens is 761 g/mol. The Kier molecular flexibility index (Phi) is 8.24. The van der Waals surface area contributed by atoms with Gasteiger partial charge in [0.25, 0.3) is 0 Å². The summed E-state index contributed by atoms with van der Waals surface area (Å²) in [6.45, 7) is 0. The molecule has 0 radical (unpaired) electrons. The predicted octanol–water partition coefficient (Wildman–Crippen LogP) is 15.2. The highest BCUT2D eigenvalue weighted by molar-refractivity contribution is 5.93. The Morgan fingerprint density at radius 3 is 1.25 bits per heavy atom. The van der Waals surface area contributed by atoms with Crippen molar-refractivity contribution in [2.24, 2.45) is 0 Å². The number of hydrogen-bond acceptors (Lipinski definition) is 2. The average molecular weight is 807 g/mol. The molecule has 4 aliphatic rings. The first-order valence-corrected chi connectivity index (χ1v) is 22.7. The maximum atomic E-state index is 2.54. The Balaban J connectivity index is 0.860. The standard InChI is InChI=1S/C61H46N2/c1-2-16-50-40-61(39-49(50)15-1)55-36-42(24-33-53(55)54-34-32-52(38-56(54)61)63-59-19-9-5-13-45(59)28-29-46-14-6-10-20-60(46)63)22-21-41-23-25-48-37-51(31-30-47(48)35-41)62-57-17-7-3-11-43(57)26-27-44-12-4-8-18-58(44)62/h1-25,30-38H,26-29,39-40H2/b22-21+. The first kappa shape index (κ1) is 36.3. The van der Waals surface area contributed by atoms with Gasteiger partial charge in [-0.3, -0.25) is 0 Å². The average Bonchev–Trinajstić information content (AvgIpc) is 3.71. The smallest absolute Gasteiger partial charge is 0.0493 e. The van der Waals surface area contributed by atoms with E-state index in [-0.39, 0.29) is 5.41 Å². The second kappa shape index (κ2) is 14.3. The number of para-hydroxylation sites is 4. The molecule has 0 bridgehead atoms. The third-order valence-electron chi connectivity index (χ3n) is 14.6. The maximum absolute atomic E-state index is 2.54.